The van der Waals surface area contributed by atoms with Gasteiger partial charge in [0.25, 0.3) is 0 Å². The van der Waals surface area contributed by atoms with E-state index in [0.717, 1.165) is 0 Å². The van der Waals surface area contributed by atoms with Gasteiger partial charge >= 0.3 is 7.82 Å². The molecule has 0 aromatic carbocycles. The highest BCUT2D eigenvalue weighted by atomic mass is 31.2. The zero-order valence-electron chi connectivity index (χ0n) is 16.9. The first-order valence-corrected chi connectivity index (χ1v) is 11.1. The average molecular weight is 493 g/mol. The summed E-state index contributed by atoms with van der Waals surface area (Å²) in [4.78, 5) is 32.2. The van der Waals surface area contributed by atoms with Gasteiger partial charge in [-0.2, -0.15) is 0 Å². The molecule has 0 bridgehead atoms. The Morgan fingerprint density at radius 3 is 2.67 bits per heavy atom. The topological polar surface area (TPSA) is 253 Å². The van der Waals surface area contributed by atoms with Gasteiger partial charge in [-0.15, -0.1) is 0 Å². The fourth-order valence-corrected chi connectivity index (χ4v) is 3.85. The number of nitrogens with two attached hydrogens (primary N) is 1. The molecule has 8 N–H and O–H groups in total. The Balaban J connectivity index is 1.53. The van der Waals surface area contributed by atoms with E-state index in [1.165, 1.54) is 17.2 Å². The summed E-state index contributed by atoms with van der Waals surface area (Å²) in [6, 6.07) is 0. The number of aliphatic hydroxyl groups is 5. The van der Waals surface area contributed by atoms with E-state index in [4.69, 9.17) is 20.1 Å². The molecular weight excluding hydrogens is 469 g/mol. The van der Waals surface area contributed by atoms with Gasteiger partial charge in [-0.25, -0.2) is 19.5 Å². The lowest BCUT2D eigenvalue weighted by molar-refractivity contribution is -0.136. The van der Waals surface area contributed by atoms with E-state index < -0.39 is 63.9 Å². The Kier molecular flexibility index (Phi) is 8.07. The number of rotatable bonds is 11. The summed E-state index contributed by atoms with van der Waals surface area (Å²) in [6.07, 6.45) is -8.17. The van der Waals surface area contributed by atoms with Crippen molar-refractivity contribution >= 4 is 31.1 Å². The predicted molar refractivity (Wildman–Crippen MR) is 106 cm³/mol. The number of carbonyl (C=O) groups is 1. The normalized spacial score (nSPS) is 26.5. The minimum Gasteiger partial charge on any atom is -0.390 e. The van der Waals surface area contributed by atoms with Gasteiger partial charge in [0, 0.05) is 6.42 Å². The monoisotopic (exact) mass is 493 g/mol. The number of nitrogens with zero attached hydrogens (tertiary/aromatic N) is 4. The molecule has 33 heavy (non-hydrogen) atoms. The number of fused-ring (bicyclic) bond motifs is 1. The second-order valence-corrected chi connectivity index (χ2v) is 8.70. The molecule has 0 aliphatic carbocycles. The summed E-state index contributed by atoms with van der Waals surface area (Å²) in [5, 5.41) is 48.2. The zero-order valence-corrected chi connectivity index (χ0v) is 17.8. The van der Waals surface area contributed by atoms with Crippen LogP contribution in [0.4, 0.5) is 5.82 Å². The molecule has 8 atom stereocenters. The third-order valence-electron chi connectivity index (χ3n) is 4.95. The molecule has 3 rings (SSSR count). The quantitative estimate of drug-likeness (QED) is 0.120. The molecule has 2 unspecified atom stereocenters. The number of imidazole rings is 1. The van der Waals surface area contributed by atoms with Crippen LogP contribution in [0.3, 0.4) is 0 Å². The molecule has 17 heteroatoms. The van der Waals surface area contributed by atoms with Crippen LogP contribution in [-0.4, -0.2) is 106 Å². The van der Waals surface area contributed by atoms with E-state index in [2.05, 4.69) is 19.5 Å². The molecule has 16 nitrogen and oxygen atoms in total. The number of carbonyl (C=O) groups excluding carboxylic acids is 1. The molecule has 3 heterocycles. The Morgan fingerprint density at radius 1 is 1.24 bits per heavy atom. The van der Waals surface area contributed by atoms with Crippen LogP contribution >= 0.6 is 7.82 Å². The molecule has 1 aliphatic heterocycles. The van der Waals surface area contributed by atoms with Gasteiger partial charge in [-0.05, 0) is 0 Å². The second kappa shape index (κ2) is 10.4. The molecular formula is C16H24N5O11P. The second-order valence-electron chi connectivity index (χ2n) is 7.25. The molecule has 184 valence electrons. The van der Waals surface area contributed by atoms with Crippen LogP contribution in [0.1, 0.15) is 12.6 Å². The summed E-state index contributed by atoms with van der Waals surface area (Å²) in [7, 11) is -4.78. The first-order valence-electron chi connectivity index (χ1n) is 9.60. The number of phosphoric ester groups is 1. The third-order valence-corrected chi connectivity index (χ3v) is 5.90. The molecule has 1 aliphatic rings. The van der Waals surface area contributed by atoms with E-state index in [9.17, 15) is 34.7 Å². The third kappa shape index (κ3) is 5.88. The van der Waals surface area contributed by atoms with Crippen LogP contribution in [0.2, 0.25) is 0 Å². The highest BCUT2D eigenvalue weighted by molar-refractivity contribution is 7.47. The van der Waals surface area contributed by atoms with E-state index in [-0.39, 0.29) is 18.5 Å². The number of hydrogen-bond acceptors (Lipinski definition) is 14. The first kappa shape index (κ1) is 25.5. The maximum absolute atomic E-state index is 12.1. The van der Waals surface area contributed by atoms with Crippen LogP contribution in [0.15, 0.2) is 12.7 Å². The minimum atomic E-state index is -4.78. The number of ether oxygens (including phenoxy) is 1. The van der Waals surface area contributed by atoms with Crippen molar-refractivity contribution in [2.45, 2.75) is 49.3 Å². The number of phosphoric acid groups is 1. The van der Waals surface area contributed by atoms with Crippen LogP contribution < -0.4 is 5.73 Å². The molecule has 0 radical (unpaired) electrons. The van der Waals surface area contributed by atoms with Gasteiger partial charge in [-0.1, -0.05) is 0 Å². The lowest BCUT2D eigenvalue weighted by atomic mass is 10.0. The van der Waals surface area contributed by atoms with E-state index in [1.54, 1.807) is 0 Å². The number of anilines is 1. The van der Waals surface area contributed by atoms with Crippen molar-refractivity contribution in [3.63, 3.8) is 0 Å². The highest BCUT2D eigenvalue weighted by Gasteiger charge is 2.38. The first-order chi connectivity index (χ1) is 15.5. The molecule has 2 aromatic rings. The minimum absolute atomic E-state index is 0.0593. The standard InChI is InChI=1S/C16H24N5O11P/c17-15-12-16(19-5-18-15)21(6-20-12)11-1-7(23)10(32-11)4-31-33(28,29)30-3-9(25)14(27)13(26)8(24)2-22/h2,5-11,13-14,23-27H,1,3-4H2,(H,28,29)(H2,17,18,19)/t7?,8-,9-,10+,11+,13-,14-/m0/s1. The largest absolute Gasteiger partial charge is 0.472 e. The van der Waals surface area contributed by atoms with Crippen molar-refractivity contribution in [2.75, 3.05) is 18.9 Å². The van der Waals surface area contributed by atoms with Gasteiger partial charge in [0.1, 0.15) is 48.6 Å². The number of aliphatic hydroxyl groups excluding tert-OH is 5. The summed E-state index contributed by atoms with van der Waals surface area (Å²) < 4.78 is 28.6. The Labute approximate surface area is 185 Å². The van der Waals surface area contributed by atoms with Crippen LogP contribution in [0.5, 0.6) is 0 Å². The van der Waals surface area contributed by atoms with E-state index >= 15 is 0 Å². The lowest BCUT2D eigenvalue weighted by Crippen LogP contribution is -2.46. The maximum atomic E-state index is 12.1. The van der Waals surface area contributed by atoms with Gasteiger partial charge in [0.05, 0.1) is 25.6 Å². The van der Waals surface area contributed by atoms with Gasteiger partial charge in [0.15, 0.2) is 17.8 Å². The number of nitrogen functional groups attached to an aromatic ring is 1. The molecule has 1 fully saturated rings. The van der Waals surface area contributed by atoms with Gasteiger partial charge in [0.2, 0.25) is 0 Å². The Hall–Kier alpha value is -2.11. The maximum Gasteiger partial charge on any atom is 0.472 e. The molecule has 1 saturated heterocycles. The van der Waals surface area contributed by atoms with Gasteiger partial charge < -0.3 is 45.7 Å². The van der Waals surface area contributed by atoms with Crippen molar-refractivity contribution in [1.82, 2.24) is 19.5 Å². The summed E-state index contributed by atoms with van der Waals surface area (Å²) in [5.41, 5.74) is 6.45. The van der Waals surface area contributed by atoms with Crippen molar-refractivity contribution in [1.29, 1.82) is 0 Å². The number of aldehydes is 1. The van der Waals surface area contributed by atoms with Crippen molar-refractivity contribution in [2.24, 2.45) is 0 Å². The fourth-order valence-electron chi connectivity index (χ4n) is 3.10. The zero-order chi connectivity index (χ0) is 24.3. The molecule has 0 amide bonds. The lowest BCUT2D eigenvalue weighted by Gasteiger charge is -2.24. The number of hydrogen-bond donors (Lipinski definition) is 7. The highest BCUT2D eigenvalue weighted by Crippen LogP contribution is 2.44. The molecule has 0 spiro atoms. The van der Waals surface area contributed by atoms with E-state index in [1.807, 2.05) is 0 Å². The van der Waals surface area contributed by atoms with Crippen molar-refractivity contribution < 1.29 is 53.6 Å². The summed E-state index contributed by atoms with van der Waals surface area (Å²) in [5.74, 6) is 0.163. The summed E-state index contributed by atoms with van der Waals surface area (Å²) in [6.45, 7) is -1.54. The van der Waals surface area contributed by atoms with Gasteiger partial charge in [-0.3, -0.25) is 13.6 Å². The average Bonchev–Trinajstić information content (AvgIpc) is 3.38. The Bertz CT molecular complexity index is 1010. The predicted octanol–water partition coefficient (Wildman–Crippen LogP) is -3.17. The van der Waals surface area contributed by atoms with Crippen LogP contribution in [0.25, 0.3) is 11.2 Å². The fraction of sp³-hybridized carbons (Fsp3) is 0.625. The number of aromatic nitrogens is 4. The van der Waals surface area contributed by atoms with Crippen LogP contribution in [-0.2, 0) is 23.1 Å². The smallest absolute Gasteiger partial charge is 0.390 e. The SMILES string of the molecule is Nc1ncnc2c1ncn2[C@H]1CC(O)[C@@H](COP(=O)(O)OC[C@H](O)[C@H](O)[C@@H](O)[C@@H](O)C=O)O1. The molecule has 2 aromatic heterocycles. The van der Waals surface area contributed by atoms with Crippen LogP contribution in [0, 0.1) is 0 Å². The van der Waals surface area contributed by atoms with Crippen molar-refractivity contribution in [3.05, 3.63) is 12.7 Å². The summed E-state index contributed by atoms with van der Waals surface area (Å²) >= 11 is 0. The molecule has 0 saturated carbocycles. The van der Waals surface area contributed by atoms with E-state index in [0.29, 0.717) is 11.2 Å². The Morgan fingerprint density at radius 2 is 1.97 bits per heavy atom. The van der Waals surface area contributed by atoms with Crippen molar-refractivity contribution in [3.8, 4) is 0 Å².